The van der Waals surface area contributed by atoms with E-state index in [9.17, 15) is 4.79 Å². The fraction of sp³-hybridized carbons (Fsp3) is 0.273. The Morgan fingerprint density at radius 1 is 1.12 bits per heavy atom. The van der Waals surface area contributed by atoms with Gasteiger partial charge in [0.25, 0.3) is 0 Å². The molecule has 4 heteroatoms. The molecule has 0 saturated heterocycles. The van der Waals surface area contributed by atoms with Crippen LogP contribution in [0.25, 0.3) is 10.9 Å². The monoisotopic (exact) mass is 347 g/mol. The second-order valence-corrected chi connectivity index (χ2v) is 7.63. The molecule has 0 aliphatic carbocycles. The second-order valence-electron chi connectivity index (χ2n) is 7.63. The van der Waals surface area contributed by atoms with Gasteiger partial charge in [0.05, 0.1) is 12.6 Å². The molecule has 134 valence electrons. The van der Waals surface area contributed by atoms with Crippen LogP contribution >= 0.6 is 0 Å². The zero-order chi connectivity index (χ0) is 18.7. The SMILES string of the molecule is Cn1cc(/C=N\NC(=O)Cc2ccc(C(C)(C)C)cc2)c2ccccc21. The van der Waals surface area contributed by atoms with Crippen LogP contribution in [0.3, 0.4) is 0 Å². The van der Waals surface area contributed by atoms with Crippen molar-refractivity contribution in [3.8, 4) is 0 Å². The Morgan fingerprint density at radius 3 is 2.50 bits per heavy atom. The summed E-state index contributed by atoms with van der Waals surface area (Å²) in [5.41, 5.74) is 7.10. The number of para-hydroxylation sites is 1. The minimum Gasteiger partial charge on any atom is -0.350 e. The van der Waals surface area contributed by atoms with Gasteiger partial charge in [-0.3, -0.25) is 4.79 Å². The molecule has 3 rings (SSSR count). The Balaban J connectivity index is 1.62. The van der Waals surface area contributed by atoms with Crippen LogP contribution in [0, 0.1) is 0 Å². The van der Waals surface area contributed by atoms with Gasteiger partial charge in [0.1, 0.15) is 0 Å². The third kappa shape index (κ3) is 4.02. The van der Waals surface area contributed by atoms with E-state index in [0.29, 0.717) is 6.42 Å². The second kappa shape index (κ2) is 7.16. The topological polar surface area (TPSA) is 46.4 Å². The molecule has 0 aliphatic heterocycles. The molecule has 1 N–H and O–H groups in total. The first-order valence-corrected chi connectivity index (χ1v) is 8.80. The highest BCUT2D eigenvalue weighted by atomic mass is 16.2. The van der Waals surface area contributed by atoms with Gasteiger partial charge in [0.2, 0.25) is 5.91 Å². The lowest BCUT2D eigenvalue weighted by molar-refractivity contribution is -0.120. The van der Waals surface area contributed by atoms with Crippen LogP contribution in [-0.4, -0.2) is 16.7 Å². The molecule has 0 radical (unpaired) electrons. The van der Waals surface area contributed by atoms with E-state index in [-0.39, 0.29) is 11.3 Å². The van der Waals surface area contributed by atoms with E-state index in [1.165, 1.54) is 5.56 Å². The third-order valence-corrected chi connectivity index (χ3v) is 4.51. The molecule has 3 aromatic rings. The summed E-state index contributed by atoms with van der Waals surface area (Å²) in [5.74, 6) is -0.120. The molecule has 0 aliphatic rings. The van der Waals surface area contributed by atoms with Crippen molar-refractivity contribution in [3.63, 3.8) is 0 Å². The molecule has 26 heavy (non-hydrogen) atoms. The van der Waals surface area contributed by atoms with Gasteiger partial charge in [-0.1, -0.05) is 63.2 Å². The molecule has 1 amide bonds. The van der Waals surface area contributed by atoms with Gasteiger partial charge in [0, 0.05) is 29.7 Å². The fourth-order valence-electron chi connectivity index (χ4n) is 3.00. The highest BCUT2D eigenvalue weighted by Gasteiger charge is 2.13. The summed E-state index contributed by atoms with van der Waals surface area (Å²) in [6.07, 6.45) is 4.02. The number of amides is 1. The van der Waals surface area contributed by atoms with Crippen LogP contribution in [0.5, 0.6) is 0 Å². The van der Waals surface area contributed by atoms with Gasteiger partial charge in [-0.25, -0.2) is 5.43 Å². The highest BCUT2D eigenvalue weighted by molar-refractivity contribution is 5.99. The maximum absolute atomic E-state index is 12.1. The summed E-state index contributed by atoms with van der Waals surface area (Å²) in [4.78, 5) is 12.1. The van der Waals surface area contributed by atoms with Crippen molar-refractivity contribution in [2.24, 2.45) is 12.1 Å². The van der Waals surface area contributed by atoms with E-state index in [2.05, 4.69) is 60.1 Å². The van der Waals surface area contributed by atoms with Gasteiger partial charge >= 0.3 is 0 Å². The molecule has 1 heterocycles. The predicted molar refractivity (Wildman–Crippen MR) is 108 cm³/mol. The predicted octanol–water partition coefficient (Wildman–Crippen LogP) is 4.17. The third-order valence-electron chi connectivity index (χ3n) is 4.51. The van der Waals surface area contributed by atoms with Crippen LogP contribution in [0.15, 0.2) is 59.8 Å². The van der Waals surface area contributed by atoms with Crippen molar-refractivity contribution in [1.29, 1.82) is 0 Å². The minimum atomic E-state index is -0.120. The first-order valence-electron chi connectivity index (χ1n) is 8.80. The standard InChI is InChI=1S/C22H25N3O/c1-22(2,3)18-11-9-16(10-12-18)13-21(26)24-23-14-17-15-25(4)20-8-6-5-7-19(17)20/h5-12,14-15H,13H2,1-4H3,(H,24,26)/b23-14-. The number of hydrogen-bond acceptors (Lipinski definition) is 2. The lowest BCUT2D eigenvalue weighted by Gasteiger charge is -2.19. The molecule has 2 aromatic carbocycles. The number of aromatic nitrogens is 1. The van der Waals surface area contributed by atoms with E-state index in [1.807, 2.05) is 37.5 Å². The number of hydrazone groups is 1. The normalized spacial score (nSPS) is 12.0. The Bertz CT molecular complexity index is 944. The lowest BCUT2D eigenvalue weighted by Crippen LogP contribution is -2.20. The Kier molecular flexibility index (Phi) is 4.94. The summed E-state index contributed by atoms with van der Waals surface area (Å²) in [7, 11) is 2.00. The largest absolute Gasteiger partial charge is 0.350 e. The summed E-state index contributed by atoms with van der Waals surface area (Å²) >= 11 is 0. The van der Waals surface area contributed by atoms with Crippen LogP contribution in [-0.2, 0) is 23.7 Å². The van der Waals surface area contributed by atoms with Crippen LogP contribution in [0.4, 0.5) is 0 Å². The van der Waals surface area contributed by atoms with Crippen molar-refractivity contribution in [2.45, 2.75) is 32.6 Å². The molecule has 0 saturated carbocycles. The van der Waals surface area contributed by atoms with Crippen molar-refractivity contribution in [1.82, 2.24) is 9.99 Å². The quantitative estimate of drug-likeness (QED) is 0.559. The summed E-state index contributed by atoms with van der Waals surface area (Å²) in [6, 6.07) is 16.3. The van der Waals surface area contributed by atoms with Gasteiger partial charge in [-0.15, -0.1) is 0 Å². The number of aryl methyl sites for hydroxylation is 1. The Hall–Kier alpha value is -2.88. The van der Waals surface area contributed by atoms with Crippen LogP contribution in [0.2, 0.25) is 0 Å². The number of carbonyl (C=O) groups excluding carboxylic acids is 1. The van der Waals surface area contributed by atoms with E-state index in [0.717, 1.165) is 22.0 Å². The molecule has 0 bridgehead atoms. The number of nitrogens with zero attached hydrogens (tertiary/aromatic N) is 2. The molecule has 0 spiro atoms. The minimum absolute atomic E-state index is 0.115. The van der Waals surface area contributed by atoms with Crippen molar-refractivity contribution in [2.75, 3.05) is 0 Å². The van der Waals surface area contributed by atoms with E-state index < -0.39 is 0 Å². The fourth-order valence-corrected chi connectivity index (χ4v) is 3.00. The van der Waals surface area contributed by atoms with Crippen LogP contribution in [0.1, 0.15) is 37.5 Å². The lowest BCUT2D eigenvalue weighted by atomic mass is 9.86. The number of rotatable bonds is 4. The van der Waals surface area contributed by atoms with Crippen molar-refractivity contribution < 1.29 is 4.79 Å². The van der Waals surface area contributed by atoms with Gasteiger partial charge in [-0.05, 0) is 22.6 Å². The first-order chi connectivity index (χ1) is 12.3. The Morgan fingerprint density at radius 2 is 1.81 bits per heavy atom. The number of nitrogens with one attached hydrogen (secondary N) is 1. The zero-order valence-corrected chi connectivity index (χ0v) is 15.8. The molecule has 0 fully saturated rings. The number of carbonyl (C=O) groups is 1. The van der Waals surface area contributed by atoms with E-state index in [4.69, 9.17) is 0 Å². The Labute approximate surface area is 154 Å². The molecular formula is C22H25N3O. The number of benzene rings is 2. The molecule has 1 aromatic heterocycles. The summed E-state index contributed by atoms with van der Waals surface area (Å²) in [5, 5.41) is 5.24. The maximum Gasteiger partial charge on any atom is 0.244 e. The zero-order valence-electron chi connectivity index (χ0n) is 15.8. The summed E-state index contributed by atoms with van der Waals surface area (Å²) < 4.78 is 2.05. The van der Waals surface area contributed by atoms with Crippen LogP contribution < -0.4 is 5.43 Å². The average molecular weight is 347 g/mol. The number of fused-ring (bicyclic) bond motifs is 1. The molecule has 4 nitrogen and oxygen atoms in total. The van der Waals surface area contributed by atoms with Gasteiger partial charge in [0.15, 0.2) is 0 Å². The maximum atomic E-state index is 12.1. The van der Waals surface area contributed by atoms with Gasteiger partial charge < -0.3 is 4.57 Å². The van der Waals surface area contributed by atoms with E-state index in [1.54, 1.807) is 6.21 Å². The van der Waals surface area contributed by atoms with E-state index >= 15 is 0 Å². The molecule has 0 atom stereocenters. The first kappa shape index (κ1) is 17.9. The summed E-state index contributed by atoms with van der Waals surface area (Å²) in [6.45, 7) is 6.53. The highest BCUT2D eigenvalue weighted by Crippen LogP contribution is 2.22. The van der Waals surface area contributed by atoms with Crippen molar-refractivity contribution in [3.05, 3.63) is 71.4 Å². The number of hydrogen-bond donors (Lipinski definition) is 1. The van der Waals surface area contributed by atoms with Crippen molar-refractivity contribution >= 4 is 23.0 Å². The van der Waals surface area contributed by atoms with Gasteiger partial charge in [-0.2, -0.15) is 5.10 Å². The molecule has 0 unspecified atom stereocenters. The smallest absolute Gasteiger partial charge is 0.244 e. The molecular weight excluding hydrogens is 322 g/mol. The average Bonchev–Trinajstić information content (AvgIpc) is 2.91.